The first kappa shape index (κ1) is 89.9. The fourth-order valence-corrected chi connectivity index (χ4v) is 22.6. The van der Waals surface area contributed by atoms with E-state index in [1.807, 2.05) is 26.8 Å². The number of rotatable bonds is 4. The zero-order valence-electron chi connectivity index (χ0n) is 79.0. The maximum atomic E-state index is 13.6. The molecule has 10 aromatic rings. The van der Waals surface area contributed by atoms with Gasteiger partial charge in [-0.15, -0.1) is 0 Å². The van der Waals surface area contributed by atoms with Crippen molar-refractivity contribution in [3.05, 3.63) is 257 Å². The summed E-state index contributed by atoms with van der Waals surface area (Å²) in [6.45, 7) is 67.7. The van der Waals surface area contributed by atoms with Crippen molar-refractivity contribution in [1.29, 1.82) is 0 Å². The highest BCUT2D eigenvalue weighted by Gasteiger charge is 2.43. The summed E-state index contributed by atoms with van der Waals surface area (Å²) in [5, 5.41) is 11.6. The summed E-state index contributed by atoms with van der Waals surface area (Å²) < 4.78 is 13.6. The van der Waals surface area contributed by atoms with Gasteiger partial charge < -0.3 is 0 Å². The second kappa shape index (κ2) is 35.5. The largest absolute Gasteiger partial charge is 0.206 e. The van der Waals surface area contributed by atoms with Gasteiger partial charge in [0, 0.05) is 0 Å². The Balaban J connectivity index is 0.000000138. The summed E-state index contributed by atoms with van der Waals surface area (Å²) in [7, 11) is 0. The summed E-state index contributed by atoms with van der Waals surface area (Å²) in [6, 6.07) is 53.4. The van der Waals surface area contributed by atoms with E-state index in [2.05, 4.69) is 320 Å². The first-order valence-electron chi connectivity index (χ1n) is 46.1. The molecular weight excluding hydrogens is 1400 g/mol. The van der Waals surface area contributed by atoms with Gasteiger partial charge in [-0.25, -0.2) is 4.39 Å². The van der Waals surface area contributed by atoms with Crippen LogP contribution in [0.25, 0.3) is 43.1 Å². The van der Waals surface area contributed by atoms with Crippen molar-refractivity contribution >= 4 is 43.1 Å². The third-order valence-corrected chi connectivity index (χ3v) is 28.9. The molecule has 0 radical (unpaired) electrons. The van der Waals surface area contributed by atoms with E-state index < -0.39 is 0 Å². The van der Waals surface area contributed by atoms with E-state index in [4.69, 9.17) is 0 Å². The van der Waals surface area contributed by atoms with Gasteiger partial charge >= 0.3 is 0 Å². The molecule has 6 aliphatic carbocycles. The molecule has 0 spiro atoms. The molecule has 1 heteroatoms. The Bertz CT molecular complexity index is 5090. The van der Waals surface area contributed by atoms with Crippen LogP contribution >= 0.6 is 0 Å². The van der Waals surface area contributed by atoms with E-state index >= 15 is 0 Å². The molecule has 16 rings (SSSR count). The van der Waals surface area contributed by atoms with Crippen LogP contribution in [-0.4, -0.2) is 0 Å². The number of benzene rings is 10. The number of hydrogen-bond acceptors (Lipinski definition) is 0. The van der Waals surface area contributed by atoms with Crippen molar-refractivity contribution in [1.82, 2.24) is 0 Å². The van der Waals surface area contributed by atoms with Crippen LogP contribution in [0, 0.1) is 91.8 Å². The van der Waals surface area contributed by atoms with Gasteiger partial charge in [0.2, 0.25) is 0 Å². The summed E-state index contributed by atoms with van der Waals surface area (Å²) >= 11 is 0. The Hall–Kier alpha value is -6.83. The third kappa shape index (κ3) is 20.4. The first-order chi connectivity index (χ1) is 54.1. The van der Waals surface area contributed by atoms with Crippen LogP contribution in [0.1, 0.15) is 396 Å². The maximum absolute atomic E-state index is 13.6. The quantitative estimate of drug-likeness (QED) is 0.165. The summed E-state index contributed by atoms with van der Waals surface area (Å²) in [4.78, 5) is 0. The maximum Gasteiger partial charge on any atom is 0.129 e. The summed E-state index contributed by atoms with van der Waals surface area (Å²) in [6.07, 6.45) is 25.7. The number of fused-ring (bicyclic) bond motifs is 8. The van der Waals surface area contributed by atoms with Crippen molar-refractivity contribution < 1.29 is 4.39 Å². The topological polar surface area (TPSA) is 0 Å². The zero-order valence-corrected chi connectivity index (χ0v) is 79.0. The lowest BCUT2D eigenvalue weighted by molar-refractivity contribution is 0.419. The van der Waals surface area contributed by atoms with E-state index in [9.17, 15) is 4.39 Å². The standard InChI is InChI=1S/C22H28.2C21H28.C19H28.C19H26.C13H19F/c1-14-17-7-5-6-8-18(17)20(13-21(14)22(2,3)4)19-12-15-9-10-16(19)11-15;1-15-17-12-8-9-13-18(17)19(14-20(15)21(2,3)4)16-10-6-5-7-11-16;1-15-13-17-11-8-12-18(16-9-6-5-7-10-16)19(17)14-20(15)21(2,3)4;1-12-8-16(11-18(13(12)2)19(3,4)5)17-10-14-6-7-15(17)9-14;1-13-11-14-9-8-10-16(18(2,3)4)15(14)12-17(13)19(5,6)7;1-8-7-11(13(4,5)6)9(2)10(3)12(8)14/h5-8,13,15-16,19H,9-12H2,1-4H3;8-9,12-14,16H,5-7,10-11H2,1-4H3;8,11-14,16H,5-7,9-10H2,1-4H3;8,11,14-15,17H,6-7,9-10H2,1-5H3;8-12H,1-7H3;7H,1-6H3. The van der Waals surface area contributed by atoms with Crippen LogP contribution in [0.3, 0.4) is 0 Å². The highest BCUT2D eigenvalue weighted by Crippen LogP contribution is 2.56. The normalized spacial score (nSPS) is 20.0. The van der Waals surface area contributed by atoms with Crippen molar-refractivity contribution in [2.45, 2.75) is 385 Å². The predicted octanol–water partition coefficient (Wildman–Crippen LogP) is 34.6. The fourth-order valence-electron chi connectivity index (χ4n) is 22.6. The lowest BCUT2D eigenvalue weighted by Crippen LogP contribution is -2.16. The van der Waals surface area contributed by atoms with E-state index in [1.54, 1.807) is 33.4 Å². The number of aryl methyl sites for hydroxylation is 6. The molecule has 624 valence electrons. The SMILES string of the molecule is Cc1c(C(C)(C)C)cc(C2CC3CCC2C3)c2ccccc12.Cc1c(C(C)(C)C)cc(C2CCCCC2)c2ccccc12.Cc1cc(C(C)(C)C)c(C)c(C)c1F.Cc1cc(C2CC3CCC2C3)cc(C(C)(C)C)c1C.Cc1cc2cccc(C(C)(C)C)c2cc1C(C)(C)C.Cc1cc2cccc(C3CCCCC3)c2cc1C(C)(C)C. The molecule has 10 aromatic carbocycles. The van der Waals surface area contributed by atoms with Crippen LogP contribution < -0.4 is 0 Å². The van der Waals surface area contributed by atoms with Gasteiger partial charge in [0.05, 0.1) is 0 Å². The predicted molar refractivity (Wildman–Crippen MR) is 510 cm³/mol. The Morgan fingerprint density at radius 2 is 0.638 bits per heavy atom. The second-order valence-corrected chi connectivity index (χ2v) is 45.1. The molecule has 6 saturated carbocycles. The van der Waals surface area contributed by atoms with Gasteiger partial charge in [-0.1, -0.05) is 336 Å². The fraction of sp³-hybridized carbons (Fsp3) is 0.548. The molecule has 6 aliphatic rings. The van der Waals surface area contributed by atoms with Crippen LogP contribution in [0.15, 0.2) is 140 Å². The number of halogens is 1. The van der Waals surface area contributed by atoms with E-state index in [0.717, 1.165) is 64.0 Å². The first-order valence-corrected chi connectivity index (χ1v) is 46.1. The van der Waals surface area contributed by atoms with E-state index in [0.29, 0.717) is 0 Å². The minimum Gasteiger partial charge on any atom is -0.206 e. The van der Waals surface area contributed by atoms with Gasteiger partial charge in [0.25, 0.3) is 0 Å². The Morgan fingerprint density at radius 1 is 0.250 bits per heavy atom. The number of hydrogen-bond donors (Lipinski definition) is 0. The Labute approximate surface area is 708 Å². The third-order valence-electron chi connectivity index (χ3n) is 28.9. The zero-order chi connectivity index (χ0) is 84.9. The van der Waals surface area contributed by atoms with Gasteiger partial charge in [0.1, 0.15) is 5.82 Å². The average molecular weight is 1560 g/mol. The smallest absolute Gasteiger partial charge is 0.129 e. The second-order valence-electron chi connectivity index (χ2n) is 45.1. The van der Waals surface area contributed by atoms with Crippen LogP contribution in [0.2, 0.25) is 0 Å². The molecule has 6 atom stereocenters. The van der Waals surface area contributed by atoms with E-state index in [1.165, 1.54) is 220 Å². The highest BCUT2D eigenvalue weighted by atomic mass is 19.1. The summed E-state index contributed by atoms with van der Waals surface area (Å²) in [5.74, 6) is 7.13. The molecule has 0 nitrogen and oxygen atoms in total. The van der Waals surface area contributed by atoms with Crippen molar-refractivity contribution in [2.75, 3.05) is 0 Å². The Kier molecular flexibility index (Phi) is 27.5. The monoisotopic (exact) mass is 1560 g/mol. The van der Waals surface area contributed by atoms with Gasteiger partial charge in [-0.3, -0.25) is 0 Å². The molecule has 0 N–H and O–H groups in total. The molecule has 4 bridgehead atoms. The molecule has 6 unspecified atom stereocenters. The molecule has 0 heterocycles. The molecule has 0 aromatic heterocycles. The lowest BCUT2D eigenvalue weighted by Gasteiger charge is -2.29. The van der Waals surface area contributed by atoms with E-state index in [-0.39, 0.29) is 43.7 Å². The summed E-state index contributed by atoms with van der Waals surface area (Å²) in [5.41, 5.74) is 29.6. The van der Waals surface area contributed by atoms with Gasteiger partial charge in [-0.05, 0) is 366 Å². The van der Waals surface area contributed by atoms with Crippen molar-refractivity contribution in [3.63, 3.8) is 0 Å². The minimum absolute atomic E-state index is 0.0597. The van der Waals surface area contributed by atoms with Crippen LogP contribution in [0.5, 0.6) is 0 Å². The van der Waals surface area contributed by atoms with Crippen molar-refractivity contribution in [2.24, 2.45) is 23.7 Å². The van der Waals surface area contributed by atoms with Crippen molar-refractivity contribution in [3.8, 4) is 0 Å². The highest BCUT2D eigenvalue weighted by molar-refractivity contribution is 5.92. The Morgan fingerprint density at radius 3 is 1.08 bits per heavy atom. The molecular formula is C115H157F. The van der Waals surface area contributed by atoms with Gasteiger partial charge in [-0.2, -0.15) is 0 Å². The molecule has 0 saturated heterocycles. The average Bonchev–Trinajstić information content (AvgIpc) is 1.54. The molecule has 116 heavy (non-hydrogen) atoms. The molecule has 0 aliphatic heterocycles. The lowest BCUT2D eigenvalue weighted by atomic mass is 9.76. The molecule has 6 fully saturated rings. The minimum atomic E-state index is -0.0597. The van der Waals surface area contributed by atoms with Gasteiger partial charge in [0.15, 0.2) is 0 Å². The molecule has 0 amide bonds. The van der Waals surface area contributed by atoms with Crippen LogP contribution in [0.4, 0.5) is 4.39 Å². The van der Waals surface area contributed by atoms with Crippen LogP contribution in [-0.2, 0) is 37.9 Å².